The van der Waals surface area contributed by atoms with E-state index in [0.29, 0.717) is 105 Å². The van der Waals surface area contributed by atoms with Crippen LogP contribution < -0.4 is 21.3 Å². The summed E-state index contributed by atoms with van der Waals surface area (Å²) in [5.74, 6) is -1.89. The molecule has 0 aromatic heterocycles. The van der Waals surface area contributed by atoms with Crippen molar-refractivity contribution in [3.05, 3.63) is 0 Å². The van der Waals surface area contributed by atoms with Crippen molar-refractivity contribution in [2.45, 2.75) is 82.1 Å². The van der Waals surface area contributed by atoms with Gasteiger partial charge in [-0.15, -0.1) is 0 Å². The fourth-order valence-corrected chi connectivity index (χ4v) is 6.77. The molecule has 2 fully saturated rings. The van der Waals surface area contributed by atoms with Gasteiger partial charge in [0, 0.05) is 57.8 Å². The van der Waals surface area contributed by atoms with E-state index < -0.39 is 73.8 Å². The number of aliphatic hydroxyl groups is 6. The van der Waals surface area contributed by atoms with Gasteiger partial charge in [0.25, 0.3) is 0 Å². The lowest BCUT2D eigenvalue weighted by Gasteiger charge is -2.42. The normalized spacial score (nSPS) is 25.0. The molecule has 0 aromatic carbocycles. The number of hydrogen-bond donors (Lipinski definition) is 10. The Bertz CT molecular complexity index is 1330. The fraction of sp³-hybridized carbons (Fsp3) is 0.907. The summed E-state index contributed by atoms with van der Waals surface area (Å²) in [6, 6.07) is -1.14. The lowest BCUT2D eigenvalue weighted by molar-refractivity contribution is -0.268. The third-order valence-electron chi connectivity index (χ3n) is 10.7. The number of amides is 3. The Balaban J connectivity index is 1.25. The molecular formula is C43H80N4O21. The van der Waals surface area contributed by atoms with Crippen molar-refractivity contribution in [1.82, 2.24) is 21.3 Å². The van der Waals surface area contributed by atoms with E-state index in [4.69, 9.17) is 52.1 Å². The van der Waals surface area contributed by atoms with Crippen molar-refractivity contribution in [2.24, 2.45) is 11.8 Å². The second-order valence-electron chi connectivity index (χ2n) is 16.0. The van der Waals surface area contributed by atoms with Crippen molar-refractivity contribution >= 4 is 23.5 Å². The summed E-state index contributed by atoms with van der Waals surface area (Å²) in [7, 11) is 0. The highest BCUT2D eigenvalue weighted by atomic mass is 16.7. The predicted molar refractivity (Wildman–Crippen MR) is 237 cm³/mol. The molecule has 25 heteroatoms. The number of rotatable bonds is 42. The third-order valence-corrected chi connectivity index (χ3v) is 10.7. The van der Waals surface area contributed by atoms with Gasteiger partial charge in [-0.3, -0.25) is 19.2 Å². The number of ether oxygens (including phenoxy) is 11. The summed E-state index contributed by atoms with van der Waals surface area (Å²) < 4.78 is 60.2. The number of nitrogens with one attached hydrogen (secondary N) is 4. The fourth-order valence-electron chi connectivity index (χ4n) is 6.77. The zero-order valence-corrected chi connectivity index (χ0v) is 39.7. The Labute approximate surface area is 398 Å². The number of aliphatic hydroxyl groups excluding tert-OH is 6. The summed E-state index contributed by atoms with van der Waals surface area (Å²) in [6.45, 7) is 8.66. The third kappa shape index (κ3) is 27.7. The molecule has 1 aliphatic carbocycles. The number of ketones is 1. The Hall–Kier alpha value is -2.64. The van der Waals surface area contributed by atoms with E-state index >= 15 is 0 Å². The first-order valence-electron chi connectivity index (χ1n) is 23.4. The van der Waals surface area contributed by atoms with Gasteiger partial charge >= 0.3 is 0 Å². The van der Waals surface area contributed by atoms with Crippen LogP contribution in [0.3, 0.4) is 0 Å². The first-order chi connectivity index (χ1) is 32.9. The van der Waals surface area contributed by atoms with Crippen molar-refractivity contribution in [3.8, 4) is 0 Å². The standard InChI is InChI=1S/C43H80N4O21/c1-30-34(25-32(27-48)40(55)39(30)54)66-12-7-45-36(52)4-9-59-14-18-63-22-23-64-19-15-60-10-5-44-26-33(51)3-8-58-13-17-62-21-24-65-20-16-61-11-6-46-37(53)29-67-43-38(47-31(2)50)42(57)41(56)35(28-49)68-43/h30,32,34-35,38-44,48-49,54-57H,3-29H2,1-2H3,(H,45,52)(H,46,53)(H,47,50). The number of carbonyl (C=O) groups excluding carboxylic acids is 4. The maximum absolute atomic E-state index is 12.2. The summed E-state index contributed by atoms with van der Waals surface area (Å²) in [5, 5.41) is 70.1. The monoisotopic (exact) mass is 989 g/mol. The maximum atomic E-state index is 12.2. The van der Waals surface area contributed by atoms with Gasteiger partial charge in [-0.05, 0) is 6.42 Å². The topological polar surface area (TPSA) is 339 Å². The SMILES string of the molecule is CC(=O)NC1C(OCC(=O)NCCOCCOCCOCCOCCC(=O)CNCCOCCOCCOCCOCCC(=O)NCCOC2CC(CO)C(O)C(O)C2C)OC(CO)C(O)C1O. The van der Waals surface area contributed by atoms with Gasteiger partial charge in [0.1, 0.15) is 36.7 Å². The summed E-state index contributed by atoms with van der Waals surface area (Å²) >= 11 is 0. The molecule has 25 nitrogen and oxygen atoms in total. The minimum Gasteiger partial charge on any atom is -0.396 e. The molecule has 10 atom stereocenters. The lowest BCUT2D eigenvalue weighted by atomic mass is 9.77. The Morgan fingerprint density at radius 3 is 1.60 bits per heavy atom. The minimum atomic E-state index is -1.48. The number of hydrogen-bond acceptors (Lipinski definition) is 22. The molecule has 398 valence electrons. The van der Waals surface area contributed by atoms with Crippen LogP contribution in [-0.4, -0.2) is 261 Å². The molecule has 3 amide bonds. The number of carbonyl (C=O) groups is 4. The number of Topliss-reactive ketones (excluding diaryl/α,β-unsaturated/α-hetero) is 1. The van der Waals surface area contributed by atoms with Crippen LogP contribution in [0.15, 0.2) is 0 Å². The van der Waals surface area contributed by atoms with Crippen LogP contribution in [0.25, 0.3) is 0 Å². The molecule has 68 heavy (non-hydrogen) atoms. The van der Waals surface area contributed by atoms with Gasteiger partial charge in [0.2, 0.25) is 17.7 Å². The first-order valence-corrected chi connectivity index (χ1v) is 23.4. The average molecular weight is 989 g/mol. The van der Waals surface area contributed by atoms with E-state index in [-0.39, 0.29) is 82.7 Å². The molecule has 10 N–H and O–H groups in total. The van der Waals surface area contributed by atoms with Crippen molar-refractivity contribution in [2.75, 3.05) is 158 Å². The smallest absolute Gasteiger partial charge is 0.246 e. The van der Waals surface area contributed by atoms with Crippen LogP contribution in [0.2, 0.25) is 0 Å². The molecule has 1 saturated heterocycles. The summed E-state index contributed by atoms with van der Waals surface area (Å²) in [5.41, 5.74) is 0. The molecule has 10 unspecified atom stereocenters. The van der Waals surface area contributed by atoms with E-state index in [2.05, 4.69) is 21.3 Å². The van der Waals surface area contributed by atoms with E-state index in [1.54, 1.807) is 6.92 Å². The van der Waals surface area contributed by atoms with Crippen LogP contribution >= 0.6 is 0 Å². The van der Waals surface area contributed by atoms with Crippen molar-refractivity contribution in [3.63, 3.8) is 0 Å². The minimum absolute atomic E-state index is 0.0213. The lowest BCUT2D eigenvalue weighted by Crippen LogP contribution is -2.64. The van der Waals surface area contributed by atoms with Gasteiger partial charge in [0.05, 0.1) is 144 Å². The van der Waals surface area contributed by atoms with Crippen LogP contribution in [0.1, 0.15) is 33.1 Å². The summed E-state index contributed by atoms with van der Waals surface area (Å²) in [6.07, 6.45) is -6.70. The van der Waals surface area contributed by atoms with E-state index in [1.807, 2.05) is 0 Å². The average Bonchev–Trinajstić information content (AvgIpc) is 3.32. The highest BCUT2D eigenvalue weighted by molar-refractivity contribution is 5.80. The molecule has 0 spiro atoms. The van der Waals surface area contributed by atoms with E-state index in [9.17, 15) is 49.8 Å². The second kappa shape index (κ2) is 39.0. The Morgan fingerprint density at radius 2 is 1.06 bits per heavy atom. The van der Waals surface area contributed by atoms with Crippen molar-refractivity contribution in [1.29, 1.82) is 0 Å². The van der Waals surface area contributed by atoms with Crippen LogP contribution in [-0.2, 0) is 71.3 Å². The maximum Gasteiger partial charge on any atom is 0.246 e. The van der Waals surface area contributed by atoms with E-state index in [1.165, 1.54) is 6.92 Å². The second-order valence-corrected chi connectivity index (χ2v) is 16.0. The summed E-state index contributed by atoms with van der Waals surface area (Å²) in [4.78, 5) is 47.7. The van der Waals surface area contributed by atoms with E-state index in [0.717, 1.165) is 0 Å². The van der Waals surface area contributed by atoms with Gasteiger partial charge in [-0.25, -0.2) is 0 Å². The highest BCUT2D eigenvalue weighted by Crippen LogP contribution is 2.31. The molecular weight excluding hydrogens is 908 g/mol. The largest absolute Gasteiger partial charge is 0.396 e. The van der Waals surface area contributed by atoms with Gasteiger partial charge in [-0.1, -0.05) is 6.92 Å². The first kappa shape index (κ1) is 61.5. The van der Waals surface area contributed by atoms with Gasteiger partial charge in [0.15, 0.2) is 6.29 Å². The molecule has 0 radical (unpaired) electrons. The van der Waals surface area contributed by atoms with Crippen LogP contribution in [0, 0.1) is 11.8 Å². The molecule has 0 bridgehead atoms. The van der Waals surface area contributed by atoms with Crippen LogP contribution in [0.5, 0.6) is 0 Å². The Kier molecular flexibility index (Phi) is 35.3. The van der Waals surface area contributed by atoms with Gasteiger partial charge < -0.3 is 104 Å². The molecule has 2 aliphatic rings. The molecule has 1 heterocycles. The molecule has 1 saturated carbocycles. The van der Waals surface area contributed by atoms with Crippen LogP contribution in [0.4, 0.5) is 0 Å². The highest BCUT2D eigenvalue weighted by Gasteiger charge is 2.45. The van der Waals surface area contributed by atoms with Gasteiger partial charge in [-0.2, -0.15) is 0 Å². The Morgan fingerprint density at radius 1 is 0.559 bits per heavy atom. The molecule has 0 aromatic rings. The molecule has 2 rings (SSSR count). The quantitative estimate of drug-likeness (QED) is 0.0256. The van der Waals surface area contributed by atoms with Crippen molar-refractivity contribution < 1.29 is 102 Å². The predicted octanol–water partition coefficient (Wildman–Crippen LogP) is -4.99. The zero-order chi connectivity index (χ0) is 49.8. The molecule has 1 aliphatic heterocycles. The zero-order valence-electron chi connectivity index (χ0n) is 39.7.